The second-order valence-corrected chi connectivity index (χ2v) is 13.0. The molecule has 2 fully saturated rings. The molecule has 256 valence electrons. The quantitative estimate of drug-likeness (QED) is 0.186. The Bertz CT molecular complexity index is 1910. The lowest BCUT2D eigenvalue weighted by atomic mass is 10.1. The van der Waals surface area contributed by atoms with Crippen molar-refractivity contribution in [2.45, 2.75) is 44.7 Å². The second kappa shape index (κ2) is 14.2. The van der Waals surface area contributed by atoms with Crippen molar-refractivity contribution >= 4 is 34.6 Å². The number of hydrogen-bond acceptors (Lipinski definition) is 10. The molecule has 5 heterocycles. The minimum atomic E-state index is -1.16. The van der Waals surface area contributed by atoms with Crippen LogP contribution in [-0.2, 0) is 21.8 Å². The number of aromatic nitrogens is 7. The lowest BCUT2D eigenvalue weighted by Crippen LogP contribution is -2.46. The molecule has 0 saturated carbocycles. The molecule has 0 N–H and O–H groups in total. The largest absolute Gasteiger partial charge is 0.491 e. The average Bonchev–Trinajstić information content (AvgIpc) is 3.88. The topological polar surface area (TPSA) is 118 Å². The van der Waals surface area contributed by atoms with Crippen LogP contribution in [0.1, 0.15) is 31.9 Å². The third-order valence-corrected chi connectivity index (χ3v) is 9.55. The van der Waals surface area contributed by atoms with E-state index in [4.69, 9.17) is 37.4 Å². The molecule has 0 aliphatic carbocycles. The first-order valence-electron chi connectivity index (χ1n) is 16.3. The molecule has 3 aromatic heterocycles. The number of benzene rings is 2. The van der Waals surface area contributed by atoms with Crippen molar-refractivity contribution in [3.05, 3.63) is 106 Å². The molecule has 0 spiro atoms. The van der Waals surface area contributed by atoms with E-state index in [1.165, 1.54) is 21.9 Å². The Morgan fingerprint density at radius 2 is 1.73 bits per heavy atom. The molecule has 3 atom stereocenters. The first-order valence-corrected chi connectivity index (χ1v) is 17.0. The monoisotopic (exact) mass is 705 g/mol. The molecule has 13 nitrogen and oxygen atoms in total. The van der Waals surface area contributed by atoms with E-state index in [1.54, 1.807) is 23.1 Å². The Labute approximate surface area is 293 Å². The summed E-state index contributed by atoms with van der Waals surface area (Å²) in [7, 11) is 0. The Hall–Kier alpha value is -4.43. The third kappa shape index (κ3) is 7.02. The van der Waals surface area contributed by atoms with Crippen molar-refractivity contribution in [1.82, 2.24) is 34.1 Å². The van der Waals surface area contributed by atoms with Crippen LogP contribution in [0.4, 0.5) is 11.4 Å². The van der Waals surface area contributed by atoms with Crippen LogP contribution in [0.5, 0.6) is 5.75 Å². The van der Waals surface area contributed by atoms with E-state index >= 15 is 0 Å². The van der Waals surface area contributed by atoms with Crippen LogP contribution in [0.2, 0.25) is 10.0 Å². The Morgan fingerprint density at radius 1 is 0.980 bits per heavy atom. The molecule has 5 aromatic rings. The molecule has 0 bridgehead atoms. The fraction of sp³-hybridized carbons (Fsp3) is 0.382. The molecule has 7 rings (SSSR count). The summed E-state index contributed by atoms with van der Waals surface area (Å²) in [6.07, 6.45) is 6.92. The molecule has 0 unspecified atom stereocenters. The van der Waals surface area contributed by atoms with E-state index in [0.29, 0.717) is 34.6 Å². The molecule has 15 heteroatoms. The highest BCUT2D eigenvalue weighted by molar-refractivity contribution is 6.35. The molecule has 0 amide bonds. The molecule has 2 aliphatic rings. The average molecular weight is 707 g/mol. The van der Waals surface area contributed by atoms with Crippen molar-refractivity contribution in [2.75, 3.05) is 49.2 Å². The van der Waals surface area contributed by atoms with Gasteiger partial charge in [0.15, 0.2) is 0 Å². The summed E-state index contributed by atoms with van der Waals surface area (Å²) < 4.78 is 23.5. The number of piperazine rings is 1. The lowest BCUT2D eigenvalue weighted by molar-refractivity contribution is -0.190. The lowest BCUT2D eigenvalue weighted by Gasteiger charge is -2.37. The molecular weight excluding hydrogens is 669 g/mol. The van der Waals surface area contributed by atoms with E-state index in [1.807, 2.05) is 50.4 Å². The van der Waals surface area contributed by atoms with Gasteiger partial charge in [0.25, 0.3) is 0 Å². The minimum Gasteiger partial charge on any atom is -0.491 e. The van der Waals surface area contributed by atoms with Crippen molar-refractivity contribution < 1.29 is 14.2 Å². The van der Waals surface area contributed by atoms with Crippen LogP contribution in [0.25, 0.3) is 5.82 Å². The maximum Gasteiger partial charge on any atom is 0.351 e. The number of ether oxygens (including phenoxy) is 3. The van der Waals surface area contributed by atoms with E-state index in [-0.39, 0.29) is 24.4 Å². The minimum absolute atomic E-state index is 0.0367. The normalized spacial score (nSPS) is 20.1. The zero-order valence-corrected chi connectivity index (χ0v) is 28.7. The van der Waals surface area contributed by atoms with Crippen LogP contribution in [0.3, 0.4) is 0 Å². The molecule has 49 heavy (non-hydrogen) atoms. The van der Waals surface area contributed by atoms with Crippen LogP contribution in [0, 0.1) is 0 Å². The van der Waals surface area contributed by atoms with E-state index < -0.39 is 5.79 Å². The highest BCUT2D eigenvalue weighted by Gasteiger charge is 2.45. The number of anilines is 2. The first-order chi connectivity index (χ1) is 23.8. The SMILES string of the molecule is CC[C@H](C)n1ncn(-c2ccc(N3CCN(c4ccc(OC[C@@H]5CO[C@@](Cn6cncn6)(c6ccc(Cl)cc6Cl)O5)cc4)CC3)cn2)c1=O. The zero-order valence-electron chi connectivity index (χ0n) is 27.2. The van der Waals surface area contributed by atoms with Gasteiger partial charge in [0, 0.05) is 42.5 Å². The summed E-state index contributed by atoms with van der Waals surface area (Å²) in [5.74, 6) is 0.141. The Kier molecular flexibility index (Phi) is 9.59. The van der Waals surface area contributed by atoms with Crippen molar-refractivity contribution in [1.29, 1.82) is 0 Å². The zero-order chi connectivity index (χ0) is 34.0. The smallest absolute Gasteiger partial charge is 0.351 e. The molecule has 0 radical (unpaired) electrons. The number of rotatable bonds is 11. The van der Waals surface area contributed by atoms with Gasteiger partial charge in [-0.25, -0.2) is 28.7 Å². The summed E-state index contributed by atoms with van der Waals surface area (Å²) in [5, 5.41) is 9.46. The van der Waals surface area contributed by atoms with Gasteiger partial charge in [0.1, 0.15) is 49.8 Å². The van der Waals surface area contributed by atoms with Gasteiger partial charge in [-0.1, -0.05) is 36.2 Å². The fourth-order valence-electron chi connectivity index (χ4n) is 6.10. The van der Waals surface area contributed by atoms with Gasteiger partial charge < -0.3 is 24.0 Å². The highest BCUT2D eigenvalue weighted by Crippen LogP contribution is 2.40. The summed E-state index contributed by atoms with van der Waals surface area (Å²) in [6.45, 7) is 8.30. The fourth-order valence-corrected chi connectivity index (χ4v) is 6.66. The molecule has 2 aromatic carbocycles. The second-order valence-electron chi connectivity index (χ2n) is 12.2. The summed E-state index contributed by atoms with van der Waals surface area (Å²) >= 11 is 12.7. The summed E-state index contributed by atoms with van der Waals surface area (Å²) in [5.41, 5.74) is 2.64. The Morgan fingerprint density at radius 3 is 2.41 bits per heavy atom. The van der Waals surface area contributed by atoms with Crippen molar-refractivity contribution in [3.8, 4) is 11.6 Å². The van der Waals surface area contributed by atoms with Crippen LogP contribution < -0.4 is 20.2 Å². The predicted molar refractivity (Wildman–Crippen MR) is 186 cm³/mol. The standard InChI is InChI=1S/C34H37Cl2N9O4/c1-3-24(2)45-33(46)44(23-40-45)32-11-7-27(17-38-32)42-14-12-41(13-15-42)26-5-8-28(9-6-26)47-18-29-19-48-34(49-29,20-43-22-37-21-39-43)30-10-4-25(35)16-31(30)36/h4-11,16-17,21-24,29H,3,12-15,18-20H2,1-2H3/t24-,29+,34+/m0/s1. The van der Waals surface area contributed by atoms with Gasteiger partial charge in [-0.2, -0.15) is 10.2 Å². The predicted octanol–water partition coefficient (Wildman–Crippen LogP) is 4.97. The van der Waals surface area contributed by atoms with Gasteiger partial charge in [0.05, 0.1) is 29.6 Å². The van der Waals surface area contributed by atoms with Crippen LogP contribution >= 0.6 is 23.2 Å². The van der Waals surface area contributed by atoms with Crippen molar-refractivity contribution in [3.63, 3.8) is 0 Å². The maximum atomic E-state index is 12.8. The van der Waals surface area contributed by atoms with Gasteiger partial charge >= 0.3 is 5.69 Å². The van der Waals surface area contributed by atoms with Gasteiger partial charge in [0.2, 0.25) is 5.79 Å². The number of nitrogens with zero attached hydrogens (tertiary/aromatic N) is 9. The summed E-state index contributed by atoms with van der Waals surface area (Å²) in [6, 6.07) is 17.3. The number of halogens is 2. The van der Waals surface area contributed by atoms with E-state index in [9.17, 15) is 4.79 Å². The van der Waals surface area contributed by atoms with E-state index in [2.05, 4.69) is 42.1 Å². The van der Waals surface area contributed by atoms with Gasteiger partial charge in [-0.15, -0.1) is 0 Å². The highest BCUT2D eigenvalue weighted by atomic mass is 35.5. The summed E-state index contributed by atoms with van der Waals surface area (Å²) in [4.78, 5) is 26.0. The van der Waals surface area contributed by atoms with Crippen molar-refractivity contribution in [2.24, 2.45) is 0 Å². The molecular formula is C34H37Cl2N9O4. The third-order valence-electron chi connectivity index (χ3n) is 9.00. The molecule has 2 aliphatic heterocycles. The maximum absolute atomic E-state index is 12.8. The number of pyridine rings is 1. The molecule has 2 saturated heterocycles. The van der Waals surface area contributed by atoms with Gasteiger partial charge in [-0.05, 0) is 61.9 Å². The van der Waals surface area contributed by atoms with Gasteiger partial charge in [-0.3, -0.25) is 0 Å². The van der Waals surface area contributed by atoms with E-state index in [0.717, 1.165) is 49.7 Å². The van der Waals surface area contributed by atoms with Crippen LogP contribution in [-0.4, -0.2) is 79.6 Å². The first kappa shape index (κ1) is 33.1. The Balaban J connectivity index is 0.925. The number of hydrogen-bond donors (Lipinski definition) is 0. The van der Waals surface area contributed by atoms with Crippen LogP contribution in [0.15, 0.2) is 84.6 Å².